The summed E-state index contributed by atoms with van der Waals surface area (Å²) in [5, 5.41) is 4.16. The quantitative estimate of drug-likeness (QED) is 0.347. The Bertz CT molecular complexity index is 1220. The fourth-order valence-corrected chi connectivity index (χ4v) is 6.21. The van der Waals surface area contributed by atoms with Gasteiger partial charge in [0.25, 0.3) is 0 Å². The molecule has 0 heterocycles. The molecule has 10 heteroatoms. The molecule has 1 aliphatic carbocycles. The highest BCUT2D eigenvalue weighted by Gasteiger charge is 2.31. The Balaban J connectivity index is 1.77. The highest BCUT2D eigenvalue weighted by Crippen LogP contribution is 2.27. The van der Waals surface area contributed by atoms with Crippen molar-refractivity contribution in [3.63, 3.8) is 0 Å². The summed E-state index contributed by atoms with van der Waals surface area (Å²) >= 11 is 12.2. The Kier molecular flexibility index (Phi) is 10.9. The van der Waals surface area contributed by atoms with Gasteiger partial charge in [0.05, 0.1) is 11.9 Å². The van der Waals surface area contributed by atoms with Gasteiger partial charge in [-0.15, -0.1) is 0 Å². The van der Waals surface area contributed by atoms with Crippen LogP contribution in [0.5, 0.6) is 0 Å². The largest absolute Gasteiger partial charge is 0.352 e. The summed E-state index contributed by atoms with van der Waals surface area (Å²) < 4.78 is 26.5. The summed E-state index contributed by atoms with van der Waals surface area (Å²) in [5.41, 5.74) is 2.13. The molecule has 0 radical (unpaired) electrons. The Hall–Kier alpha value is -2.29. The third-order valence-electron chi connectivity index (χ3n) is 6.95. The number of nitrogens with one attached hydrogen (secondary N) is 1. The second-order valence-electron chi connectivity index (χ2n) is 9.93. The number of aryl methyl sites for hydroxylation is 1. The lowest BCUT2D eigenvalue weighted by atomic mass is 10.1. The molecular formula is C28H37Cl2N3O4S. The van der Waals surface area contributed by atoms with Gasteiger partial charge in [0.2, 0.25) is 21.8 Å². The summed E-state index contributed by atoms with van der Waals surface area (Å²) in [5.74, 6) is -0.348. The SMILES string of the molecule is CC[C@@H](C(=O)NC1CCCC1)N(Cc1ccc(Cl)cc1)C(=O)CCCN(c1cc(Cl)ccc1C)S(C)(=O)=O. The Morgan fingerprint density at radius 3 is 2.29 bits per heavy atom. The fourth-order valence-electron chi connectivity index (χ4n) is 4.91. The number of sulfonamides is 1. The normalized spacial score (nSPS) is 14.8. The first kappa shape index (κ1) is 30.3. The number of rotatable bonds is 12. The van der Waals surface area contributed by atoms with Gasteiger partial charge >= 0.3 is 0 Å². The molecular weight excluding hydrogens is 545 g/mol. The van der Waals surface area contributed by atoms with E-state index in [1.807, 2.05) is 26.0 Å². The molecule has 1 atom stereocenters. The maximum atomic E-state index is 13.6. The zero-order valence-electron chi connectivity index (χ0n) is 22.3. The van der Waals surface area contributed by atoms with Crippen molar-refractivity contribution in [2.45, 2.75) is 77.4 Å². The summed E-state index contributed by atoms with van der Waals surface area (Å²) in [6, 6.07) is 11.8. The zero-order chi connectivity index (χ0) is 27.9. The first-order valence-electron chi connectivity index (χ1n) is 13.1. The lowest BCUT2D eigenvalue weighted by Crippen LogP contribution is -2.51. The number of hydrogen-bond donors (Lipinski definition) is 1. The van der Waals surface area contributed by atoms with Gasteiger partial charge in [-0.25, -0.2) is 8.42 Å². The highest BCUT2D eigenvalue weighted by molar-refractivity contribution is 7.92. The third-order valence-corrected chi connectivity index (χ3v) is 8.61. The number of carbonyl (C=O) groups excluding carboxylic acids is 2. The summed E-state index contributed by atoms with van der Waals surface area (Å²) in [6.45, 7) is 4.09. The van der Waals surface area contributed by atoms with E-state index < -0.39 is 16.1 Å². The van der Waals surface area contributed by atoms with Crippen molar-refractivity contribution in [2.75, 3.05) is 17.1 Å². The number of carbonyl (C=O) groups is 2. The van der Waals surface area contributed by atoms with Gasteiger partial charge in [-0.05, 0) is 68.0 Å². The van der Waals surface area contributed by atoms with Crippen LogP contribution in [0.2, 0.25) is 10.0 Å². The third kappa shape index (κ3) is 8.35. The Morgan fingerprint density at radius 1 is 1.05 bits per heavy atom. The molecule has 0 spiro atoms. The molecule has 0 aromatic heterocycles. The monoisotopic (exact) mass is 581 g/mol. The van der Waals surface area contributed by atoms with E-state index in [4.69, 9.17) is 23.2 Å². The van der Waals surface area contributed by atoms with Gasteiger partial charge < -0.3 is 10.2 Å². The molecule has 1 saturated carbocycles. The molecule has 0 aliphatic heterocycles. The van der Waals surface area contributed by atoms with Crippen molar-refractivity contribution >= 4 is 50.7 Å². The number of benzene rings is 2. The van der Waals surface area contributed by atoms with Crippen LogP contribution in [-0.4, -0.2) is 50.0 Å². The van der Waals surface area contributed by atoms with E-state index in [0.29, 0.717) is 22.2 Å². The van der Waals surface area contributed by atoms with Crippen molar-refractivity contribution in [1.82, 2.24) is 10.2 Å². The molecule has 2 aromatic carbocycles. The molecule has 3 rings (SSSR count). The van der Waals surface area contributed by atoms with Gasteiger partial charge in [-0.2, -0.15) is 0 Å². The summed E-state index contributed by atoms with van der Waals surface area (Å²) in [4.78, 5) is 28.5. The van der Waals surface area contributed by atoms with Crippen LogP contribution in [0.4, 0.5) is 5.69 Å². The molecule has 7 nitrogen and oxygen atoms in total. The molecule has 1 fully saturated rings. The minimum atomic E-state index is -3.60. The van der Waals surface area contributed by atoms with Gasteiger partial charge in [0.15, 0.2) is 0 Å². The van der Waals surface area contributed by atoms with Crippen molar-refractivity contribution in [2.24, 2.45) is 0 Å². The van der Waals surface area contributed by atoms with Crippen molar-refractivity contribution in [3.05, 3.63) is 63.6 Å². The van der Waals surface area contributed by atoms with Crippen molar-refractivity contribution in [1.29, 1.82) is 0 Å². The van der Waals surface area contributed by atoms with Crippen molar-refractivity contribution in [3.8, 4) is 0 Å². The first-order chi connectivity index (χ1) is 18.0. The Morgan fingerprint density at radius 2 is 1.68 bits per heavy atom. The number of hydrogen-bond acceptors (Lipinski definition) is 4. The van der Waals surface area contributed by atoms with Crippen LogP contribution in [0, 0.1) is 6.92 Å². The Labute approximate surface area is 236 Å². The molecule has 2 amide bonds. The van der Waals surface area contributed by atoms with E-state index in [1.54, 1.807) is 35.2 Å². The van der Waals surface area contributed by atoms with Crippen LogP contribution in [0.1, 0.15) is 63.0 Å². The van der Waals surface area contributed by atoms with Crippen LogP contribution >= 0.6 is 23.2 Å². The molecule has 208 valence electrons. The van der Waals surface area contributed by atoms with Gasteiger partial charge in [0.1, 0.15) is 6.04 Å². The molecule has 1 N–H and O–H groups in total. The second-order valence-corrected chi connectivity index (χ2v) is 12.7. The number of anilines is 1. The summed E-state index contributed by atoms with van der Waals surface area (Å²) in [7, 11) is -3.60. The zero-order valence-corrected chi connectivity index (χ0v) is 24.6. The van der Waals surface area contributed by atoms with Crippen LogP contribution in [0.3, 0.4) is 0 Å². The number of nitrogens with zero attached hydrogens (tertiary/aromatic N) is 2. The maximum Gasteiger partial charge on any atom is 0.243 e. The molecule has 38 heavy (non-hydrogen) atoms. The average Bonchev–Trinajstić information content (AvgIpc) is 3.36. The van der Waals surface area contributed by atoms with E-state index in [9.17, 15) is 18.0 Å². The molecule has 2 aromatic rings. The molecule has 0 bridgehead atoms. The van der Waals surface area contributed by atoms with E-state index in [0.717, 1.165) is 43.1 Å². The minimum Gasteiger partial charge on any atom is -0.352 e. The predicted octanol–water partition coefficient (Wildman–Crippen LogP) is 5.71. The van der Waals surface area contributed by atoms with Crippen LogP contribution in [0.25, 0.3) is 0 Å². The minimum absolute atomic E-state index is 0.0897. The predicted molar refractivity (Wildman–Crippen MR) is 154 cm³/mol. The van der Waals surface area contributed by atoms with Gasteiger partial charge in [-0.3, -0.25) is 13.9 Å². The lowest BCUT2D eigenvalue weighted by Gasteiger charge is -2.32. The standard InChI is InChI=1S/C28H37Cl2N3O4S/c1-4-25(28(35)31-24-8-5-6-9-24)32(19-21-12-15-22(29)16-13-21)27(34)10-7-17-33(38(3,36)37)26-18-23(30)14-11-20(26)2/h11-16,18,24-25H,4-10,17,19H2,1-3H3,(H,31,35)/t25-/m0/s1. The maximum absolute atomic E-state index is 13.6. The topological polar surface area (TPSA) is 86.8 Å². The fraction of sp³-hybridized carbons (Fsp3) is 0.500. The van der Waals surface area contributed by atoms with E-state index in [-0.39, 0.29) is 43.8 Å². The van der Waals surface area contributed by atoms with Crippen LogP contribution in [-0.2, 0) is 26.2 Å². The van der Waals surface area contributed by atoms with E-state index in [2.05, 4.69) is 5.32 Å². The second kappa shape index (κ2) is 13.7. The lowest BCUT2D eigenvalue weighted by molar-refractivity contribution is -0.141. The van der Waals surface area contributed by atoms with Crippen LogP contribution < -0.4 is 9.62 Å². The number of amides is 2. The van der Waals surface area contributed by atoms with Crippen LogP contribution in [0.15, 0.2) is 42.5 Å². The molecule has 0 unspecified atom stereocenters. The number of halogens is 2. The van der Waals surface area contributed by atoms with E-state index >= 15 is 0 Å². The van der Waals surface area contributed by atoms with Crippen molar-refractivity contribution < 1.29 is 18.0 Å². The highest BCUT2D eigenvalue weighted by atomic mass is 35.5. The smallest absolute Gasteiger partial charge is 0.243 e. The van der Waals surface area contributed by atoms with Gasteiger partial charge in [-0.1, -0.05) is 61.2 Å². The average molecular weight is 583 g/mol. The first-order valence-corrected chi connectivity index (χ1v) is 15.7. The van der Waals surface area contributed by atoms with E-state index in [1.165, 1.54) is 4.31 Å². The van der Waals surface area contributed by atoms with Gasteiger partial charge in [0, 0.05) is 35.6 Å². The molecule has 1 aliphatic rings. The molecule has 0 saturated heterocycles. The summed E-state index contributed by atoms with van der Waals surface area (Å²) in [6.07, 6.45) is 6.09.